The SMILES string of the molecule is CNCCC(C(=O)OP)C(O)CCc1ccc(-c2ccccc2)cc1. The highest BCUT2D eigenvalue weighted by Gasteiger charge is 2.26. The molecule has 3 unspecified atom stereocenters. The molecule has 0 aromatic heterocycles. The summed E-state index contributed by atoms with van der Waals surface area (Å²) in [5, 5.41) is 13.4. The van der Waals surface area contributed by atoms with Gasteiger partial charge in [-0.3, -0.25) is 4.79 Å². The maximum atomic E-state index is 11.8. The van der Waals surface area contributed by atoms with Crippen molar-refractivity contribution >= 4 is 15.4 Å². The number of nitrogens with one attached hydrogen (secondary N) is 1. The highest BCUT2D eigenvalue weighted by molar-refractivity contribution is 7.10. The Kier molecular flexibility index (Phi) is 8.07. The van der Waals surface area contributed by atoms with Crippen molar-refractivity contribution in [3.63, 3.8) is 0 Å². The van der Waals surface area contributed by atoms with E-state index in [1.54, 1.807) is 0 Å². The molecular formula is C20H26NO3P. The van der Waals surface area contributed by atoms with Crippen LogP contribution in [0.1, 0.15) is 18.4 Å². The van der Waals surface area contributed by atoms with Crippen molar-refractivity contribution < 1.29 is 14.4 Å². The topological polar surface area (TPSA) is 58.6 Å². The lowest BCUT2D eigenvalue weighted by molar-refractivity contribution is -0.142. The zero-order valence-electron chi connectivity index (χ0n) is 14.5. The van der Waals surface area contributed by atoms with Gasteiger partial charge in [0.15, 0.2) is 0 Å². The first-order chi connectivity index (χ1) is 12.2. The molecule has 0 amide bonds. The van der Waals surface area contributed by atoms with Gasteiger partial charge in [0.25, 0.3) is 0 Å². The maximum absolute atomic E-state index is 11.8. The molecule has 0 radical (unpaired) electrons. The molecule has 0 fully saturated rings. The molecule has 0 spiro atoms. The van der Waals surface area contributed by atoms with E-state index in [2.05, 4.69) is 41.7 Å². The molecular weight excluding hydrogens is 333 g/mol. The van der Waals surface area contributed by atoms with E-state index in [4.69, 9.17) is 4.52 Å². The first-order valence-electron chi connectivity index (χ1n) is 8.53. The normalized spacial score (nSPS) is 13.2. The van der Waals surface area contributed by atoms with Crippen molar-refractivity contribution in [2.45, 2.75) is 25.4 Å². The van der Waals surface area contributed by atoms with Crippen molar-refractivity contribution in [1.29, 1.82) is 0 Å². The third-order valence-corrected chi connectivity index (χ3v) is 4.61. The molecule has 0 saturated heterocycles. The first-order valence-corrected chi connectivity index (χ1v) is 9.00. The molecule has 2 aromatic rings. The molecule has 25 heavy (non-hydrogen) atoms. The molecule has 134 valence electrons. The third-order valence-electron chi connectivity index (χ3n) is 4.38. The van der Waals surface area contributed by atoms with Gasteiger partial charge in [0, 0.05) is 0 Å². The summed E-state index contributed by atoms with van der Waals surface area (Å²) in [6.07, 6.45) is 1.09. The van der Waals surface area contributed by atoms with Gasteiger partial charge >= 0.3 is 5.97 Å². The van der Waals surface area contributed by atoms with E-state index in [1.165, 1.54) is 11.1 Å². The summed E-state index contributed by atoms with van der Waals surface area (Å²) in [5.41, 5.74) is 3.50. The third kappa shape index (κ3) is 5.93. The van der Waals surface area contributed by atoms with Gasteiger partial charge in [-0.1, -0.05) is 54.6 Å². The lowest BCUT2D eigenvalue weighted by Crippen LogP contribution is -2.31. The van der Waals surface area contributed by atoms with E-state index in [-0.39, 0.29) is 5.97 Å². The van der Waals surface area contributed by atoms with Gasteiger partial charge in [-0.05, 0) is 49.5 Å². The largest absolute Gasteiger partial charge is 0.451 e. The lowest BCUT2D eigenvalue weighted by atomic mass is 9.93. The molecule has 2 rings (SSSR count). The average molecular weight is 359 g/mol. The summed E-state index contributed by atoms with van der Waals surface area (Å²) in [6, 6.07) is 18.5. The van der Waals surface area contributed by atoms with Crippen LogP contribution in [0.2, 0.25) is 0 Å². The number of aliphatic hydroxyl groups excluding tert-OH is 1. The number of carbonyl (C=O) groups excluding carboxylic acids is 1. The standard InChI is InChI=1S/C20H26NO3P/c1-21-14-13-18(20(23)24-25)19(22)12-9-15-7-10-17(11-8-15)16-5-3-2-4-6-16/h2-8,10-11,18-19,21-22H,9,12-14,25H2,1H3. The summed E-state index contributed by atoms with van der Waals surface area (Å²) >= 11 is 0. The summed E-state index contributed by atoms with van der Waals surface area (Å²) in [5.74, 6) is -0.888. The van der Waals surface area contributed by atoms with E-state index >= 15 is 0 Å². The van der Waals surface area contributed by atoms with E-state index in [0.29, 0.717) is 19.4 Å². The highest BCUT2D eigenvalue weighted by Crippen LogP contribution is 2.21. The zero-order chi connectivity index (χ0) is 18.1. The van der Waals surface area contributed by atoms with Crippen LogP contribution in [-0.4, -0.2) is 30.8 Å². The predicted molar refractivity (Wildman–Crippen MR) is 104 cm³/mol. The van der Waals surface area contributed by atoms with Crippen molar-refractivity contribution in [1.82, 2.24) is 5.32 Å². The average Bonchev–Trinajstić information content (AvgIpc) is 2.67. The Labute approximate surface area is 151 Å². The predicted octanol–water partition coefficient (Wildman–Crippen LogP) is 3.21. The van der Waals surface area contributed by atoms with Gasteiger partial charge in [0.05, 0.1) is 21.5 Å². The molecule has 3 atom stereocenters. The number of carbonyl (C=O) groups is 1. The molecule has 0 aliphatic heterocycles. The van der Waals surface area contributed by atoms with Gasteiger partial charge in [-0.2, -0.15) is 0 Å². The van der Waals surface area contributed by atoms with Crippen molar-refractivity contribution in [2.75, 3.05) is 13.6 Å². The second-order valence-electron chi connectivity index (χ2n) is 6.10. The van der Waals surface area contributed by atoms with Crippen LogP contribution >= 0.6 is 9.47 Å². The number of benzene rings is 2. The fourth-order valence-corrected chi connectivity index (χ4v) is 3.04. The van der Waals surface area contributed by atoms with Crippen LogP contribution in [0.4, 0.5) is 0 Å². The molecule has 5 heteroatoms. The summed E-state index contributed by atoms with van der Waals surface area (Å²) in [4.78, 5) is 11.8. The zero-order valence-corrected chi connectivity index (χ0v) is 15.7. The van der Waals surface area contributed by atoms with Crippen LogP contribution in [0.3, 0.4) is 0 Å². The van der Waals surface area contributed by atoms with E-state index < -0.39 is 12.0 Å². The van der Waals surface area contributed by atoms with E-state index in [0.717, 1.165) is 12.0 Å². The Bertz CT molecular complexity index is 646. The summed E-state index contributed by atoms with van der Waals surface area (Å²) in [6.45, 7) is 0.660. The van der Waals surface area contributed by atoms with Crippen molar-refractivity contribution in [2.24, 2.45) is 5.92 Å². The van der Waals surface area contributed by atoms with Crippen LogP contribution in [-0.2, 0) is 15.7 Å². The Morgan fingerprint density at radius 2 is 1.72 bits per heavy atom. The Morgan fingerprint density at radius 1 is 1.08 bits per heavy atom. The van der Waals surface area contributed by atoms with Crippen LogP contribution in [0.5, 0.6) is 0 Å². The minimum atomic E-state index is -0.713. The Balaban J connectivity index is 1.94. The fraction of sp³-hybridized carbons (Fsp3) is 0.350. The number of hydrogen-bond donors (Lipinski definition) is 2. The smallest absolute Gasteiger partial charge is 0.313 e. The number of aliphatic hydroxyl groups is 1. The van der Waals surface area contributed by atoms with Crippen molar-refractivity contribution in [3.8, 4) is 11.1 Å². The molecule has 2 aromatic carbocycles. The minimum Gasteiger partial charge on any atom is -0.451 e. The van der Waals surface area contributed by atoms with Gasteiger partial charge < -0.3 is 14.9 Å². The quantitative estimate of drug-likeness (QED) is 0.675. The number of hydrogen-bond acceptors (Lipinski definition) is 4. The fourth-order valence-electron chi connectivity index (χ4n) is 2.86. The Hall–Kier alpha value is -1.74. The molecule has 0 heterocycles. The second kappa shape index (κ2) is 10.3. The van der Waals surface area contributed by atoms with Gasteiger partial charge in [-0.25, -0.2) is 0 Å². The molecule has 0 bridgehead atoms. The number of aryl methyl sites for hydroxylation is 1. The summed E-state index contributed by atoms with van der Waals surface area (Å²) in [7, 11) is 3.79. The van der Waals surface area contributed by atoms with Crippen LogP contribution in [0.25, 0.3) is 11.1 Å². The van der Waals surface area contributed by atoms with Crippen molar-refractivity contribution in [3.05, 3.63) is 60.2 Å². The van der Waals surface area contributed by atoms with E-state index in [9.17, 15) is 9.90 Å². The molecule has 2 N–H and O–H groups in total. The van der Waals surface area contributed by atoms with E-state index in [1.807, 2.05) is 34.7 Å². The monoisotopic (exact) mass is 359 g/mol. The van der Waals surface area contributed by atoms with Gasteiger partial charge in [0.1, 0.15) is 0 Å². The minimum absolute atomic E-state index is 0.382. The molecule has 0 saturated carbocycles. The summed E-state index contributed by atoms with van der Waals surface area (Å²) < 4.78 is 4.74. The highest BCUT2D eigenvalue weighted by atomic mass is 31.0. The molecule has 4 nitrogen and oxygen atoms in total. The van der Waals surface area contributed by atoms with Gasteiger partial charge in [0.2, 0.25) is 0 Å². The van der Waals surface area contributed by atoms with Crippen LogP contribution < -0.4 is 5.32 Å². The Morgan fingerprint density at radius 3 is 2.32 bits per heavy atom. The molecule has 0 aliphatic rings. The number of rotatable bonds is 9. The molecule has 0 aliphatic carbocycles. The van der Waals surface area contributed by atoms with Crippen LogP contribution in [0.15, 0.2) is 54.6 Å². The first kappa shape index (κ1) is 19.6. The maximum Gasteiger partial charge on any atom is 0.313 e. The van der Waals surface area contributed by atoms with Crippen LogP contribution in [0, 0.1) is 5.92 Å². The van der Waals surface area contributed by atoms with Gasteiger partial charge in [-0.15, -0.1) is 0 Å². The second-order valence-corrected chi connectivity index (χ2v) is 6.34. The lowest BCUT2D eigenvalue weighted by Gasteiger charge is -2.20.